The van der Waals surface area contributed by atoms with Crippen molar-refractivity contribution in [2.75, 3.05) is 6.61 Å². The van der Waals surface area contributed by atoms with Crippen molar-refractivity contribution < 1.29 is 23.4 Å². The van der Waals surface area contributed by atoms with Crippen molar-refractivity contribution in [2.24, 2.45) is 0 Å². The van der Waals surface area contributed by atoms with Crippen LogP contribution < -0.4 is 4.74 Å². The molecule has 0 unspecified atom stereocenters. The van der Waals surface area contributed by atoms with Crippen LogP contribution in [-0.4, -0.2) is 22.7 Å². The number of aryl methyl sites for hydroxylation is 1. The Morgan fingerprint density at radius 2 is 1.71 bits per heavy atom. The van der Waals surface area contributed by atoms with E-state index in [4.69, 9.17) is 14.8 Å². The van der Waals surface area contributed by atoms with E-state index in [-0.39, 0.29) is 16.9 Å². The predicted molar refractivity (Wildman–Crippen MR) is 129 cm³/mol. The second kappa shape index (κ2) is 9.56. The third kappa shape index (κ3) is 4.69. The van der Waals surface area contributed by atoms with Gasteiger partial charge in [0.15, 0.2) is 10.9 Å². The zero-order chi connectivity index (χ0) is 23.7. The van der Waals surface area contributed by atoms with Crippen LogP contribution in [0.5, 0.6) is 5.75 Å². The smallest absolute Gasteiger partial charge is 0.341 e. The number of ether oxygens (including phenoxy) is 1. The van der Waals surface area contributed by atoms with E-state index in [1.165, 1.54) is 36.0 Å². The molecule has 8 heteroatoms. The first-order valence-electron chi connectivity index (χ1n) is 10.6. The van der Waals surface area contributed by atoms with Crippen molar-refractivity contribution >= 4 is 29.1 Å². The standard InChI is InChI=1S/C26H19F2NO3S2/c27-17-6-1-4-15(12-17)25(16-5-2-7-18(28)13-16)34-26-29-24-20-8-3-9-21(32-14-23(30)31)19(20)10-11-22(24)33-26/h1-9,12-13,25H,10-11,14H2,(H,30,31). The summed E-state index contributed by atoms with van der Waals surface area (Å²) in [6.45, 7) is -0.398. The number of hydrogen-bond acceptors (Lipinski definition) is 5. The quantitative estimate of drug-likeness (QED) is 0.295. The van der Waals surface area contributed by atoms with E-state index in [1.807, 2.05) is 24.3 Å². The van der Waals surface area contributed by atoms with Gasteiger partial charge in [-0.15, -0.1) is 11.3 Å². The highest BCUT2D eigenvalue weighted by atomic mass is 32.2. The molecule has 1 aliphatic rings. The average Bonchev–Trinajstić information content (AvgIpc) is 3.24. The van der Waals surface area contributed by atoms with Crippen molar-refractivity contribution in [2.45, 2.75) is 22.4 Å². The molecule has 0 fully saturated rings. The molecule has 0 spiro atoms. The summed E-state index contributed by atoms with van der Waals surface area (Å²) in [5.74, 6) is -1.16. The first kappa shape index (κ1) is 22.6. The summed E-state index contributed by atoms with van der Waals surface area (Å²) in [7, 11) is 0. The molecule has 0 aliphatic heterocycles. The average molecular weight is 496 g/mol. The molecule has 3 aromatic carbocycles. The van der Waals surface area contributed by atoms with Crippen molar-refractivity contribution in [3.63, 3.8) is 0 Å². The number of aromatic nitrogens is 1. The third-order valence-corrected chi connectivity index (χ3v) is 8.06. The number of carboxylic acids is 1. The van der Waals surface area contributed by atoms with Crippen molar-refractivity contribution in [3.05, 3.63) is 99.9 Å². The summed E-state index contributed by atoms with van der Waals surface area (Å²) in [6, 6.07) is 18.3. The molecule has 4 aromatic rings. The third-order valence-electron chi connectivity index (χ3n) is 5.54. The fourth-order valence-corrected chi connectivity index (χ4v) is 6.59. The highest BCUT2D eigenvalue weighted by Gasteiger charge is 2.26. The van der Waals surface area contributed by atoms with Crippen LogP contribution in [0.15, 0.2) is 71.1 Å². The lowest BCUT2D eigenvalue weighted by atomic mass is 9.93. The summed E-state index contributed by atoms with van der Waals surface area (Å²) in [5, 5.41) is 8.63. The number of carboxylic acid groups (broad SMARTS) is 1. The van der Waals surface area contributed by atoms with Crippen molar-refractivity contribution in [3.8, 4) is 17.0 Å². The molecular weight excluding hydrogens is 476 g/mol. The number of benzene rings is 3. The van der Waals surface area contributed by atoms with Gasteiger partial charge in [-0.1, -0.05) is 48.2 Å². The minimum atomic E-state index is -1.03. The minimum Gasteiger partial charge on any atom is -0.482 e. The van der Waals surface area contributed by atoms with Crippen LogP contribution in [0.1, 0.15) is 26.8 Å². The van der Waals surface area contributed by atoms with E-state index in [0.717, 1.165) is 50.0 Å². The van der Waals surface area contributed by atoms with Crippen LogP contribution in [-0.2, 0) is 17.6 Å². The minimum absolute atomic E-state index is 0.330. The molecule has 0 radical (unpaired) electrons. The molecule has 1 aliphatic carbocycles. The van der Waals surface area contributed by atoms with Gasteiger partial charge in [0.25, 0.3) is 0 Å². The summed E-state index contributed by atoms with van der Waals surface area (Å²) < 4.78 is 34.3. The van der Waals surface area contributed by atoms with Crippen LogP contribution >= 0.6 is 23.1 Å². The predicted octanol–water partition coefficient (Wildman–Crippen LogP) is 6.53. The highest BCUT2D eigenvalue weighted by molar-refractivity contribution is 8.01. The van der Waals surface area contributed by atoms with E-state index < -0.39 is 12.6 Å². The Morgan fingerprint density at radius 1 is 1.03 bits per heavy atom. The number of fused-ring (bicyclic) bond motifs is 3. The van der Waals surface area contributed by atoms with Gasteiger partial charge in [-0.2, -0.15) is 0 Å². The molecule has 1 N–H and O–H groups in total. The molecule has 0 amide bonds. The number of hydrogen-bond donors (Lipinski definition) is 1. The normalized spacial score (nSPS) is 12.3. The number of halogens is 2. The maximum absolute atomic E-state index is 14.0. The fraction of sp³-hybridized carbons (Fsp3) is 0.154. The maximum atomic E-state index is 14.0. The summed E-state index contributed by atoms with van der Waals surface area (Å²) in [4.78, 5) is 16.9. The second-order valence-corrected chi connectivity index (χ2v) is 10.3. The van der Waals surface area contributed by atoms with Gasteiger partial charge in [0, 0.05) is 16.0 Å². The van der Waals surface area contributed by atoms with E-state index >= 15 is 0 Å². The lowest BCUT2D eigenvalue weighted by Gasteiger charge is -2.18. The molecule has 34 heavy (non-hydrogen) atoms. The first-order chi connectivity index (χ1) is 16.5. The van der Waals surface area contributed by atoms with Gasteiger partial charge in [-0.25, -0.2) is 18.6 Å². The molecule has 0 atom stereocenters. The van der Waals surface area contributed by atoms with Gasteiger partial charge >= 0.3 is 5.97 Å². The summed E-state index contributed by atoms with van der Waals surface area (Å²) in [6.07, 6.45) is 1.49. The first-order valence-corrected chi connectivity index (χ1v) is 12.3. The molecule has 0 saturated carbocycles. The molecule has 4 nitrogen and oxygen atoms in total. The summed E-state index contributed by atoms with van der Waals surface area (Å²) >= 11 is 3.04. The van der Waals surface area contributed by atoms with E-state index in [9.17, 15) is 13.6 Å². The van der Waals surface area contributed by atoms with Crippen molar-refractivity contribution in [1.82, 2.24) is 4.98 Å². The summed E-state index contributed by atoms with van der Waals surface area (Å²) in [5.41, 5.74) is 4.19. The van der Waals surface area contributed by atoms with E-state index in [1.54, 1.807) is 29.5 Å². The van der Waals surface area contributed by atoms with Gasteiger partial charge in [-0.3, -0.25) is 0 Å². The van der Waals surface area contributed by atoms with Crippen LogP contribution in [0.25, 0.3) is 11.3 Å². The SMILES string of the molecule is O=C(O)COc1cccc2c1CCc1sc(SC(c3cccc(F)c3)c3cccc(F)c3)nc1-2. The molecular formula is C26H19F2NO3S2. The zero-order valence-corrected chi connectivity index (χ0v) is 19.5. The van der Waals surface area contributed by atoms with Gasteiger partial charge < -0.3 is 9.84 Å². The molecule has 172 valence electrons. The van der Waals surface area contributed by atoms with E-state index in [0.29, 0.717) is 5.75 Å². The number of nitrogens with zero attached hydrogens (tertiary/aromatic N) is 1. The van der Waals surface area contributed by atoms with Gasteiger partial charge in [0.1, 0.15) is 17.4 Å². The Labute approximate surface area is 203 Å². The van der Waals surface area contributed by atoms with Crippen LogP contribution in [0.3, 0.4) is 0 Å². The Kier molecular flexibility index (Phi) is 6.34. The maximum Gasteiger partial charge on any atom is 0.341 e. The van der Waals surface area contributed by atoms with Gasteiger partial charge in [-0.05, 0) is 54.3 Å². The Bertz CT molecular complexity index is 1330. The van der Waals surface area contributed by atoms with Crippen LogP contribution in [0.4, 0.5) is 8.78 Å². The van der Waals surface area contributed by atoms with Crippen LogP contribution in [0.2, 0.25) is 0 Å². The number of carbonyl (C=O) groups is 1. The Balaban J connectivity index is 1.50. The van der Waals surface area contributed by atoms with Crippen LogP contribution in [0, 0.1) is 11.6 Å². The van der Waals surface area contributed by atoms with E-state index in [2.05, 4.69) is 0 Å². The molecule has 1 heterocycles. The number of thiazole rings is 1. The van der Waals surface area contributed by atoms with Crippen molar-refractivity contribution in [1.29, 1.82) is 0 Å². The molecule has 1 aromatic heterocycles. The fourth-order valence-electron chi connectivity index (χ4n) is 4.09. The van der Waals surface area contributed by atoms with Gasteiger partial charge in [0.05, 0.1) is 10.9 Å². The topological polar surface area (TPSA) is 59.4 Å². The molecule has 5 rings (SSSR count). The Morgan fingerprint density at radius 3 is 2.35 bits per heavy atom. The lowest BCUT2D eigenvalue weighted by Crippen LogP contribution is -2.12. The largest absolute Gasteiger partial charge is 0.482 e. The Hall–Kier alpha value is -3.23. The second-order valence-electron chi connectivity index (χ2n) is 7.82. The lowest BCUT2D eigenvalue weighted by molar-refractivity contribution is -0.139. The number of aliphatic carboxylic acids is 1. The molecule has 0 bridgehead atoms. The van der Waals surface area contributed by atoms with Gasteiger partial charge in [0.2, 0.25) is 0 Å². The highest BCUT2D eigenvalue weighted by Crippen LogP contribution is 2.47. The monoisotopic (exact) mass is 495 g/mol. The number of rotatable bonds is 7. The number of thioether (sulfide) groups is 1. The molecule has 0 saturated heterocycles. The zero-order valence-electron chi connectivity index (χ0n) is 17.8.